The zero-order chi connectivity index (χ0) is 14.4. The van der Waals surface area contributed by atoms with Gasteiger partial charge in [-0.3, -0.25) is 0 Å². The zero-order valence-corrected chi connectivity index (χ0v) is 12.6. The van der Waals surface area contributed by atoms with E-state index in [4.69, 9.17) is 0 Å². The fourth-order valence-corrected chi connectivity index (χ4v) is 2.41. The minimum atomic E-state index is 0.374. The lowest BCUT2D eigenvalue weighted by molar-refractivity contribution is 0.550. The Morgan fingerprint density at radius 1 is 0.950 bits per heavy atom. The molecule has 1 N–H and O–H groups in total. The molecule has 106 valence electrons. The van der Waals surface area contributed by atoms with Crippen LogP contribution in [-0.4, -0.2) is 20.6 Å². The smallest absolute Gasteiger partial charge is 0.0361 e. The molecule has 2 rings (SSSR count). The Morgan fingerprint density at radius 2 is 1.60 bits per heavy atom. The van der Waals surface area contributed by atoms with E-state index in [2.05, 4.69) is 85.8 Å². The van der Waals surface area contributed by atoms with E-state index in [0.717, 1.165) is 13.0 Å². The lowest BCUT2D eigenvalue weighted by Crippen LogP contribution is -2.23. The number of nitrogens with one attached hydrogen (secondary N) is 1. The number of hydrogen-bond donors (Lipinski definition) is 1. The van der Waals surface area contributed by atoms with E-state index >= 15 is 0 Å². The van der Waals surface area contributed by atoms with Gasteiger partial charge in [0.25, 0.3) is 0 Å². The van der Waals surface area contributed by atoms with Crippen molar-refractivity contribution in [2.75, 3.05) is 25.5 Å². The first kappa shape index (κ1) is 14.6. The number of likely N-dealkylation sites (N-methyl/N-ethyl adjacent to an activating group) is 1. The quantitative estimate of drug-likeness (QED) is 0.860. The third kappa shape index (κ3) is 3.84. The minimum Gasteiger partial charge on any atom is -0.378 e. The molecule has 1 unspecified atom stereocenters. The maximum Gasteiger partial charge on any atom is 0.0361 e. The average molecular weight is 268 g/mol. The molecule has 1 atom stereocenters. The molecule has 0 amide bonds. The summed E-state index contributed by atoms with van der Waals surface area (Å²) in [6.07, 6.45) is 1.02. The van der Waals surface area contributed by atoms with Gasteiger partial charge in [0.1, 0.15) is 0 Å². The number of nitrogens with zero attached hydrogens (tertiary/aromatic N) is 1. The predicted molar refractivity (Wildman–Crippen MR) is 87.3 cm³/mol. The van der Waals surface area contributed by atoms with Gasteiger partial charge in [-0.15, -0.1) is 0 Å². The van der Waals surface area contributed by atoms with E-state index in [1.807, 2.05) is 0 Å². The predicted octanol–water partition coefficient (Wildman–Crippen LogP) is 3.65. The molecule has 0 saturated carbocycles. The molecule has 0 fully saturated rings. The average Bonchev–Trinajstić information content (AvgIpc) is 2.48. The first-order valence-corrected chi connectivity index (χ1v) is 7.25. The Labute approximate surface area is 122 Å². The second-order valence-electron chi connectivity index (χ2n) is 5.29. The van der Waals surface area contributed by atoms with Crippen molar-refractivity contribution >= 4 is 5.69 Å². The zero-order valence-electron chi connectivity index (χ0n) is 12.6. The first-order chi connectivity index (χ1) is 9.70. The highest BCUT2D eigenvalue weighted by Gasteiger charge is 2.11. The van der Waals surface area contributed by atoms with Crippen LogP contribution in [0.2, 0.25) is 0 Å². The number of rotatable bonds is 6. The van der Waals surface area contributed by atoms with E-state index < -0.39 is 0 Å². The molecule has 2 aromatic rings. The van der Waals surface area contributed by atoms with Gasteiger partial charge in [-0.05, 0) is 36.2 Å². The summed E-state index contributed by atoms with van der Waals surface area (Å²) < 4.78 is 0. The molecular formula is C18H24N2. The van der Waals surface area contributed by atoms with Crippen LogP contribution in [0.1, 0.15) is 24.1 Å². The van der Waals surface area contributed by atoms with Crippen LogP contribution < -0.4 is 10.2 Å². The van der Waals surface area contributed by atoms with Crippen LogP contribution >= 0.6 is 0 Å². The SMILES string of the molecule is CCNC(Cc1ccccc1)c1ccc(N(C)C)cc1. The summed E-state index contributed by atoms with van der Waals surface area (Å²) in [5.74, 6) is 0. The van der Waals surface area contributed by atoms with Gasteiger partial charge in [0.05, 0.1) is 0 Å². The van der Waals surface area contributed by atoms with Crippen LogP contribution in [0.5, 0.6) is 0 Å². The second kappa shape index (κ2) is 7.11. The maximum absolute atomic E-state index is 3.58. The van der Waals surface area contributed by atoms with Crippen molar-refractivity contribution in [3.8, 4) is 0 Å². The van der Waals surface area contributed by atoms with Crippen molar-refractivity contribution in [2.24, 2.45) is 0 Å². The van der Waals surface area contributed by atoms with Crippen molar-refractivity contribution in [1.29, 1.82) is 0 Å². The molecule has 2 nitrogen and oxygen atoms in total. The Hall–Kier alpha value is -1.80. The fraction of sp³-hybridized carbons (Fsp3) is 0.333. The Kier molecular flexibility index (Phi) is 5.19. The minimum absolute atomic E-state index is 0.374. The van der Waals surface area contributed by atoms with E-state index in [-0.39, 0.29) is 0 Å². The van der Waals surface area contributed by atoms with Crippen LogP contribution in [0.4, 0.5) is 5.69 Å². The lowest BCUT2D eigenvalue weighted by Gasteiger charge is -2.20. The molecule has 0 radical (unpaired) electrons. The summed E-state index contributed by atoms with van der Waals surface area (Å²) in [5, 5.41) is 3.58. The molecule has 0 aliphatic rings. The molecule has 0 heterocycles. The number of hydrogen-bond acceptors (Lipinski definition) is 2. The molecule has 0 aliphatic heterocycles. The Balaban J connectivity index is 2.15. The first-order valence-electron chi connectivity index (χ1n) is 7.25. The van der Waals surface area contributed by atoms with Gasteiger partial charge in [-0.2, -0.15) is 0 Å². The molecule has 2 aromatic carbocycles. The van der Waals surface area contributed by atoms with Crippen LogP contribution in [0.25, 0.3) is 0 Å². The number of anilines is 1. The maximum atomic E-state index is 3.58. The van der Waals surface area contributed by atoms with Crippen molar-refractivity contribution < 1.29 is 0 Å². The van der Waals surface area contributed by atoms with Gasteiger partial charge in [0.2, 0.25) is 0 Å². The van der Waals surface area contributed by atoms with Crippen molar-refractivity contribution in [3.63, 3.8) is 0 Å². The normalized spacial score (nSPS) is 12.2. The summed E-state index contributed by atoms with van der Waals surface area (Å²) in [6, 6.07) is 19.9. The van der Waals surface area contributed by atoms with Crippen LogP contribution in [-0.2, 0) is 6.42 Å². The highest BCUT2D eigenvalue weighted by atomic mass is 15.1. The van der Waals surface area contributed by atoms with Gasteiger partial charge in [-0.1, -0.05) is 49.4 Å². The highest BCUT2D eigenvalue weighted by Crippen LogP contribution is 2.21. The summed E-state index contributed by atoms with van der Waals surface area (Å²) in [7, 11) is 4.14. The summed E-state index contributed by atoms with van der Waals surface area (Å²) in [5.41, 5.74) is 3.96. The molecule has 0 bridgehead atoms. The Bertz CT molecular complexity index is 503. The molecule has 2 heteroatoms. The van der Waals surface area contributed by atoms with E-state index in [9.17, 15) is 0 Å². The van der Waals surface area contributed by atoms with Gasteiger partial charge in [0, 0.05) is 25.8 Å². The van der Waals surface area contributed by atoms with Crippen molar-refractivity contribution in [1.82, 2.24) is 5.32 Å². The van der Waals surface area contributed by atoms with Crippen LogP contribution in [0.3, 0.4) is 0 Å². The fourth-order valence-electron chi connectivity index (χ4n) is 2.41. The molecule has 0 aromatic heterocycles. The standard InChI is InChI=1S/C18H24N2/c1-4-19-18(14-15-8-6-5-7-9-15)16-10-12-17(13-11-16)20(2)3/h5-13,18-19H,4,14H2,1-3H3. The lowest BCUT2D eigenvalue weighted by atomic mass is 9.98. The van der Waals surface area contributed by atoms with Crippen LogP contribution in [0, 0.1) is 0 Å². The van der Waals surface area contributed by atoms with E-state index in [1.54, 1.807) is 0 Å². The Morgan fingerprint density at radius 3 is 2.15 bits per heavy atom. The van der Waals surface area contributed by atoms with Gasteiger partial charge in [-0.25, -0.2) is 0 Å². The second-order valence-corrected chi connectivity index (χ2v) is 5.29. The van der Waals surface area contributed by atoms with Gasteiger partial charge >= 0.3 is 0 Å². The highest BCUT2D eigenvalue weighted by molar-refractivity contribution is 5.46. The monoisotopic (exact) mass is 268 g/mol. The van der Waals surface area contributed by atoms with E-state index in [1.165, 1.54) is 16.8 Å². The third-order valence-corrected chi connectivity index (χ3v) is 3.55. The van der Waals surface area contributed by atoms with E-state index in [0.29, 0.717) is 6.04 Å². The van der Waals surface area contributed by atoms with Crippen LogP contribution in [0.15, 0.2) is 54.6 Å². The molecular weight excluding hydrogens is 244 g/mol. The summed E-state index contributed by atoms with van der Waals surface area (Å²) in [6.45, 7) is 3.14. The number of benzene rings is 2. The van der Waals surface area contributed by atoms with Gasteiger partial charge < -0.3 is 10.2 Å². The largest absolute Gasteiger partial charge is 0.378 e. The van der Waals surface area contributed by atoms with Crippen molar-refractivity contribution in [3.05, 3.63) is 65.7 Å². The van der Waals surface area contributed by atoms with Gasteiger partial charge in [0.15, 0.2) is 0 Å². The topological polar surface area (TPSA) is 15.3 Å². The molecule has 0 spiro atoms. The third-order valence-electron chi connectivity index (χ3n) is 3.55. The molecule has 0 saturated heterocycles. The summed E-state index contributed by atoms with van der Waals surface area (Å²) >= 11 is 0. The molecule has 20 heavy (non-hydrogen) atoms. The van der Waals surface area contributed by atoms with Crippen molar-refractivity contribution in [2.45, 2.75) is 19.4 Å². The summed E-state index contributed by atoms with van der Waals surface area (Å²) in [4.78, 5) is 2.13. The molecule has 0 aliphatic carbocycles.